The minimum atomic E-state index is -3.25. The van der Waals surface area contributed by atoms with E-state index in [1.807, 2.05) is 0 Å². The molecule has 3 nitrogen and oxygen atoms in total. The van der Waals surface area contributed by atoms with Crippen LogP contribution < -0.4 is 5.32 Å². The first-order chi connectivity index (χ1) is 9.21. The van der Waals surface area contributed by atoms with Crippen molar-refractivity contribution in [2.75, 3.05) is 6.26 Å². The maximum atomic E-state index is 11.8. The Morgan fingerprint density at radius 3 is 2.40 bits per heavy atom. The summed E-state index contributed by atoms with van der Waals surface area (Å²) in [7, 11) is -3.25. The molecule has 0 heterocycles. The summed E-state index contributed by atoms with van der Waals surface area (Å²) in [6.45, 7) is 6.98. The van der Waals surface area contributed by atoms with Crippen molar-refractivity contribution in [3.8, 4) is 0 Å². The summed E-state index contributed by atoms with van der Waals surface area (Å²) >= 11 is 6.14. The quantitative estimate of drug-likeness (QED) is 0.835. The lowest BCUT2D eigenvalue weighted by molar-refractivity contribution is 0.449. The molecule has 0 radical (unpaired) electrons. The second-order valence-electron chi connectivity index (χ2n) is 5.74. The van der Waals surface area contributed by atoms with Crippen LogP contribution in [0, 0.1) is 5.92 Å². The average molecular weight is 318 g/mol. The van der Waals surface area contributed by atoms with Crippen molar-refractivity contribution in [1.29, 1.82) is 0 Å². The molecule has 0 aliphatic carbocycles. The van der Waals surface area contributed by atoms with Crippen molar-refractivity contribution in [1.82, 2.24) is 5.32 Å². The maximum Gasteiger partial charge on any atom is 0.175 e. The van der Waals surface area contributed by atoms with E-state index in [4.69, 9.17) is 11.6 Å². The normalized spacial score (nSPS) is 13.7. The molecule has 1 unspecified atom stereocenters. The fraction of sp³-hybridized carbons (Fsp3) is 0.600. The molecule has 0 bridgehead atoms. The Balaban J connectivity index is 2.78. The van der Waals surface area contributed by atoms with Crippen LogP contribution in [0.5, 0.6) is 0 Å². The van der Waals surface area contributed by atoms with Gasteiger partial charge in [-0.15, -0.1) is 0 Å². The van der Waals surface area contributed by atoms with Gasteiger partial charge in [0.25, 0.3) is 0 Å². The second kappa shape index (κ2) is 7.43. The lowest BCUT2D eigenvalue weighted by atomic mass is 10.0. The van der Waals surface area contributed by atoms with Gasteiger partial charge < -0.3 is 5.32 Å². The third kappa shape index (κ3) is 5.43. The Kier molecular flexibility index (Phi) is 6.49. The summed E-state index contributed by atoms with van der Waals surface area (Å²) < 4.78 is 23.6. The van der Waals surface area contributed by atoms with Crippen molar-refractivity contribution in [2.24, 2.45) is 5.92 Å². The van der Waals surface area contributed by atoms with Gasteiger partial charge in [0.2, 0.25) is 0 Å². The minimum absolute atomic E-state index is 0.313. The van der Waals surface area contributed by atoms with Crippen molar-refractivity contribution in [3.63, 3.8) is 0 Å². The van der Waals surface area contributed by atoms with Crippen LogP contribution in [0.15, 0.2) is 23.1 Å². The van der Waals surface area contributed by atoms with Gasteiger partial charge in [-0.3, -0.25) is 0 Å². The molecule has 20 heavy (non-hydrogen) atoms. The molecule has 5 heteroatoms. The van der Waals surface area contributed by atoms with Crippen LogP contribution in [0.25, 0.3) is 0 Å². The molecule has 0 fully saturated rings. The number of hydrogen-bond acceptors (Lipinski definition) is 3. The summed E-state index contributed by atoms with van der Waals surface area (Å²) in [5, 5.41) is 3.86. The molecule has 0 saturated heterocycles. The summed E-state index contributed by atoms with van der Waals surface area (Å²) in [4.78, 5) is 0.313. The fourth-order valence-electron chi connectivity index (χ4n) is 2.02. The first-order valence-corrected chi connectivity index (χ1v) is 9.19. The van der Waals surface area contributed by atoms with Crippen molar-refractivity contribution < 1.29 is 8.42 Å². The molecule has 1 rings (SSSR count). The molecule has 0 spiro atoms. The van der Waals surface area contributed by atoms with Gasteiger partial charge in [0, 0.05) is 29.4 Å². The van der Waals surface area contributed by atoms with Crippen LogP contribution >= 0.6 is 11.6 Å². The lowest BCUT2D eigenvalue weighted by Crippen LogP contribution is -2.26. The van der Waals surface area contributed by atoms with Crippen LogP contribution in [-0.4, -0.2) is 20.7 Å². The lowest BCUT2D eigenvalue weighted by Gasteiger charge is -2.17. The van der Waals surface area contributed by atoms with E-state index in [0.717, 1.165) is 12.8 Å². The maximum absolute atomic E-state index is 11.8. The average Bonchev–Trinajstić information content (AvgIpc) is 2.33. The SMILES string of the molecule is CC(C)CCC(C)NCc1c(Cl)cccc1S(C)(=O)=O. The van der Waals surface area contributed by atoms with Gasteiger partial charge in [-0.25, -0.2) is 8.42 Å². The van der Waals surface area contributed by atoms with E-state index in [2.05, 4.69) is 26.1 Å². The Morgan fingerprint density at radius 2 is 1.85 bits per heavy atom. The standard InChI is InChI=1S/C15H24ClNO2S/c1-11(2)8-9-12(3)17-10-13-14(16)6-5-7-15(13)20(4,18)19/h5-7,11-12,17H,8-10H2,1-4H3. The summed E-state index contributed by atoms with van der Waals surface area (Å²) in [6, 6.07) is 5.34. The molecule has 0 aliphatic heterocycles. The summed E-state index contributed by atoms with van der Waals surface area (Å²) in [5.41, 5.74) is 0.660. The number of halogens is 1. The molecule has 0 aliphatic rings. The number of sulfone groups is 1. The van der Waals surface area contributed by atoms with Crippen LogP contribution in [0.3, 0.4) is 0 Å². The van der Waals surface area contributed by atoms with Crippen LogP contribution in [-0.2, 0) is 16.4 Å². The molecule has 1 N–H and O–H groups in total. The van der Waals surface area contributed by atoms with Crippen LogP contribution in [0.4, 0.5) is 0 Å². The Morgan fingerprint density at radius 1 is 1.20 bits per heavy atom. The van der Waals surface area contributed by atoms with Gasteiger partial charge in [-0.1, -0.05) is 31.5 Å². The van der Waals surface area contributed by atoms with E-state index in [1.165, 1.54) is 6.26 Å². The minimum Gasteiger partial charge on any atom is -0.310 e. The summed E-state index contributed by atoms with van der Waals surface area (Å²) in [5.74, 6) is 0.672. The number of benzene rings is 1. The predicted molar refractivity (Wildman–Crippen MR) is 84.9 cm³/mol. The van der Waals surface area contributed by atoms with Crippen molar-refractivity contribution in [3.05, 3.63) is 28.8 Å². The smallest absolute Gasteiger partial charge is 0.175 e. The van der Waals surface area contributed by atoms with E-state index in [-0.39, 0.29) is 0 Å². The molecular formula is C15H24ClNO2S. The zero-order chi connectivity index (χ0) is 15.3. The zero-order valence-electron chi connectivity index (χ0n) is 12.6. The highest BCUT2D eigenvalue weighted by atomic mass is 35.5. The van der Waals surface area contributed by atoms with Crippen LogP contribution in [0.2, 0.25) is 5.02 Å². The van der Waals surface area contributed by atoms with E-state index in [1.54, 1.807) is 18.2 Å². The van der Waals surface area contributed by atoms with Crippen LogP contribution in [0.1, 0.15) is 39.2 Å². The molecule has 1 aromatic carbocycles. The summed E-state index contributed by atoms with van der Waals surface area (Å²) in [6.07, 6.45) is 3.43. The Bertz CT molecular complexity index is 541. The third-order valence-electron chi connectivity index (χ3n) is 3.28. The first-order valence-electron chi connectivity index (χ1n) is 6.92. The monoisotopic (exact) mass is 317 g/mol. The highest BCUT2D eigenvalue weighted by Gasteiger charge is 2.16. The molecule has 1 atom stereocenters. The third-order valence-corrected chi connectivity index (χ3v) is 4.82. The number of nitrogens with one attached hydrogen (secondary N) is 1. The predicted octanol–water partition coefficient (Wildman–Crippen LogP) is 3.66. The first kappa shape index (κ1) is 17.5. The van der Waals surface area contributed by atoms with Gasteiger partial charge in [-0.2, -0.15) is 0 Å². The molecule has 0 amide bonds. The Hall–Kier alpha value is -0.580. The second-order valence-corrected chi connectivity index (χ2v) is 8.13. The highest BCUT2D eigenvalue weighted by Crippen LogP contribution is 2.24. The molecule has 114 valence electrons. The molecule has 0 saturated carbocycles. The van der Waals surface area contributed by atoms with Gasteiger partial charge in [0.15, 0.2) is 9.84 Å². The van der Waals surface area contributed by atoms with Gasteiger partial charge in [0.1, 0.15) is 0 Å². The van der Waals surface area contributed by atoms with Gasteiger partial charge in [-0.05, 0) is 37.8 Å². The van der Waals surface area contributed by atoms with E-state index < -0.39 is 9.84 Å². The zero-order valence-corrected chi connectivity index (χ0v) is 14.2. The van der Waals surface area contributed by atoms with Gasteiger partial charge >= 0.3 is 0 Å². The number of hydrogen-bond donors (Lipinski definition) is 1. The largest absolute Gasteiger partial charge is 0.310 e. The highest BCUT2D eigenvalue weighted by molar-refractivity contribution is 7.90. The topological polar surface area (TPSA) is 46.2 Å². The van der Waals surface area contributed by atoms with Gasteiger partial charge in [0.05, 0.1) is 4.90 Å². The van der Waals surface area contributed by atoms with Crippen molar-refractivity contribution >= 4 is 21.4 Å². The van der Waals surface area contributed by atoms with E-state index >= 15 is 0 Å². The fourth-order valence-corrected chi connectivity index (χ4v) is 3.27. The molecule has 0 aromatic heterocycles. The van der Waals surface area contributed by atoms with E-state index in [0.29, 0.717) is 34.0 Å². The molecular weight excluding hydrogens is 294 g/mol. The van der Waals surface area contributed by atoms with E-state index in [9.17, 15) is 8.42 Å². The molecule has 1 aromatic rings. The Labute approximate surface area is 127 Å². The number of rotatable bonds is 7. The van der Waals surface area contributed by atoms with Crippen molar-refractivity contribution in [2.45, 2.75) is 51.1 Å².